The summed E-state index contributed by atoms with van der Waals surface area (Å²) in [5.74, 6) is 0.862. The number of alkyl halides is 1. The molecule has 0 spiro atoms. The summed E-state index contributed by atoms with van der Waals surface area (Å²) in [6.45, 7) is 0. The number of benzene rings is 1. The summed E-state index contributed by atoms with van der Waals surface area (Å²) < 4.78 is 14.7. The van der Waals surface area contributed by atoms with Crippen LogP contribution in [-0.2, 0) is 5.67 Å². The van der Waals surface area contributed by atoms with Gasteiger partial charge in [-0.15, -0.1) is 24.0 Å². The van der Waals surface area contributed by atoms with Crippen molar-refractivity contribution in [3.63, 3.8) is 0 Å². The summed E-state index contributed by atoms with van der Waals surface area (Å²) in [6, 6.07) is 12.2. The van der Waals surface area contributed by atoms with Crippen LogP contribution < -0.4 is 11.1 Å². The van der Waals surface area contributed by atoms with Crippen molar-refractivity contribution in [2.45, 2.75) is 24.6 Å². The summed E-state index contributed by atoms with van der Waals surface area (Å²) in [6.07, 6.45) is 2.26. The second kappa shape index (κ2) is 7.44. The molecule has 0 saturated heterocycles. The van der Waals surface area contributed by atoms with Crippen LogP contribution in [-0.4, -0.2) is 17.0 Å². The first-order valence-corrected chi connectivity index (χ1v) is 7.39. The van der Waals surface area contributed by atoms with E-state index < -0.39 is 5.67 Å². The molecule has 0 unspecified atom stereocenters. The van der Waals surface area contributed by atoms with Crippen molar-refractivity contribution in [2.24, 2.45) is 10.7 Å². The molecule has 0 aliphatic heterocycles. The molecule has 7 heteroatoms. The summed E-state index contributed by atoms with van der Waals surface area (Å²) in [5, 5.41) is 3.43. The molecule has 1 aliphatic carbocycles. The predicted molar refractivity (Wildman–Crippen MR) is 102 cm³/mol. The zero-order chi connectivity index (χ0) is 15.6. The minimum atomic E-state index is -1.37. The Bertz CT molecular complexity index is 689. The number of anilines is 1. The van der Waals surface area contributed by atoms with Crippen molar-refractivity contribution in [3.8, 4) is 0 Å². The van der Waals surface area contributed by atoms with Crippen LogP contribution in [0.3, 0.4) is 0 Å². The Morgan fingerprint density at radius 1 is 1.30 bits per heavy atom. The summed E-state index contributed by atoms with van der Waals surface area (Å²) in [4.78, 5) is 8.39. The van der Waals surface area contributed by atoms with E-state index in [0.717, 1.165) is 0 Å². The lowest BCUT2D eigenvalue weighted by Gasteiger charge is -2.39. The van der Waals surface area contributed by atoms with Crippen LogP contribution >= 0.6 is 35.6 Å². The SMILES string of the molecule is I.NC(=NC1CC(F)(c2cccc(Cl)c2)C1)Nc1ccccn1. The van der Waals surface area contributed by atoms with Crippen LogP contribution in [0, 0.1) is 0 Å². The smallest absolute Gasteiger partial charge is 0.194 e. The van der Waals surface area contributed by atoms with Gasteiger partial charge in [0.15, 0.2) is 5.96 Å². The number of nitrogens with two attached hydrogens (primary N) is 1. The average molecular weight is 447 g/mol. The molecule has 1 fully saturated rings. The van der Waals surface area contributed by atoms with E-state index >= 15 is 0 Å². The van der Waals surface area contributed by atoms with Crippen molar-refractivity contribution in [1.29, 1.82) is 0 Å². The van der Waals surface area contributed by atoms with Crippen molar-refractivity contribution >= 4 is 47.4 Å². The number of guanidine groups is 1. The number of hydrogen-bond acceptors (Lipinski definition) is 2. The third-order valence-corrected chi connectivity index (χ3v) is 3.94. The van der Waals surface area contributed by atoms with Gasteiger partial charge in [-0.1, -0.05) is 29.8 Å². The molecular formula is C16H17ClFIN4. The lowest BCUT2D eigenvalue weighted by Crippen LogP contribution is -2.41. The lowest BCUT2D eigenvalue weighted by molar-refractivity contribution is 0.0415. The third kappa shape index (κ3) is 4.32. The number of pyridine rings is 1. The molecule has 1 aromatic carbocycles. The van der Waals surface area contributed by atoms with Crippen molar-refractivity contribution in [1.82, 2.24) is 4.98 Å². The van der Waals surface area contributed by atoms with E-state index in [4.69, 9.17) is 17.3 Å². The van der Waals surface area contributed by atoms with Gasteiger partial charge >= 0.3 is 0 Å². The maximum absolute atomic E-state index is 14.7. The molecule has 2 aromatic rings. The summed E-state index contributed by atoms with van der Waals surface area (Å²) in [5.41, 5.74) is 5.05. The number of nitrogens with zero attached hydrogens (tertiary/aromatic N) is 2. The molecule has 1 saturated carbocycles. The van der Waals surface area contributed by atoms with Gasteiger partial charge in [0, 0.05) is 24.1 Å². The van der Waals surface area contributed by atoms with Gasteiger partial charge in [-0.05, 0) is 29.8 Å². The highest BCUT2D eigenvalue weighted by Gasteiger charge is 2.46. The molecule has 3 N–H and O–H groups in total. The zero-order valence-corrected chi connectivity index (χ0v) is 15.3. The first kappa shape index (κ1) is 17.9. The Hall–Kier alpha value is -1.41. The van der Waals surface area contributed by atoms with E-state index in [0.29, 0.717) is 29.2 Å². The first-order valence-electron chi connectivity index (χ1n) is 7.01. The van der Waals surface area contributed by atoms with Gasteiger partial charge in [0.2, 0.25) is 0 Å². The van der Waals surface area contributed by atoms with E-state index in [9.17, 15) is 4.39 Å². The minimum Gasteiger partial charge on any atom is -0.370 e. The van der Waals surface area contributed by atoms with E-state index in [1.165, 1.54) is 0 Å². The number of hydrogen-bond donors (Lipinski definition) is 2. The Morgan fingerprint density at radius 2 is 2.09 bits per heavy atom. The maximum Gasteiger partial charge on any atom is 0.194 e. The van der Waals surface area contributed by atoms with Gasteiger partial charge in [-0.3, -0.25) is 0 Å². The zero-order valence-electron chi connectivity index (χ0n) is 12.2. The second-order valence-corrected chi connectivity index (χ2v) is 5.83. The van der Waals surface area contributed by atoms with E-state index in [-0.39, 0.29) is 36.0 Å². The van der Waals surface area contributed by atoms with Gasteiger partial charge in [-0.25, -0.2) is 14.4 Å². The third-order valence-electron chi connectivity index (χ3n) is 3.70. The second-order valence-electron chi connectivity index (χ2n) is 5.39. The minimum absolute atomic E-state index is 0. The Labute approximate surface area is 156 Å². The largest absolute Gasteiger partial charge is 0.370 e. The molecule has 122 valence electrons. The molecule has 4 nitrogen and oxygen atoms in total. The molecule has 23 heavy (non-hydrogen) atoms. The predicted octanol–water partition coefficient (Wildman–Crippen LogP) is 4.11. The Morgan fingerprint density at radius 3 is 2.74 bits per heavy atom. The van der Waals surface area contributed by atoms with E-state index in [1.807, 2.05) is 12.1 Å². The topological polar surface area (TPSA) is 63.3 Å². The fraction of sp³-hybridized carbons (Fsp3) is 0.250. The number of halogens is 3. The Kier molecular flexibility index (Phi) is 5.80. The molecule has 0 bridgehead atoms. The van der Waals surface area contributed by atoms with E-state index in [1.54, 1.807) is 36.5 Å². The highest BCUT2D eigenvalue weighted by Crippen LogP contribution is 2.47. The van der Waals surface area contributed by atoms with Crippen LogP contribution in [0.2, 0.25) is 5.02 Å². The van der Waals surface area contributed by atoms with Crippen LogP contribution in [0.5, 0.6) is 0 Å². The molecular weight excluding hydrogens is 430 g/mol. The molecule has 1 aliphatic rings. The van der Waals surface area contributed by atoms with Gasteiger partial charge < -0.3 is 11.1 Å². The van der Waals surface area contributed by atoms with Crippen LogP contribution in [0.15, 0.2) is 53.7 Å². The molecule has 1 aromatic heterocycles. The van der Waals surface area contributed by atoms with Gasteiger partial charge in [0.05, 0.1) is 6.04 Å². The van der Waals surface area contributed by atoms with Crippen molar-refractivity contribution < 1.29 is 4.39 Å². The molecule has 1 heterocycles. The molecule has 3 rings (SSSR count). The van der Waals surface area contributed by atoms with Gasteiger partial charge in [0.25, 0.3) is 0 Å². The normalized spacial score (nSPS) is 23.6. The maximum atomic E-state index is 14.7. The van der Waals surface area contributed by atoms with Crippen molar-refractivity contribution in [3.05, 3.63) is 59.2 Å². The number of aromatic nitrogens is 1. The highest BCUT2D eigenvalue weighted by atomic mass is 127. The van der Waals surface area contributed by atoms with Gasteiger partial charge in [0.1, 0.15) is 11.5 Å². The number of nitrogens with one attached hydrogen (secondary N) is 1. The molecule has 0 amide bonds. The fourth-order valence-electron chi connectivity index (χ4n) is 2.58. The summed E-state index contributed by atoms with van der Waals surface area (Å²) >= 11 is 5.91. The monoisotopic (exact) mass is 446 g/mol. The first-order chi connectivity index (χ1) is 10.5. The average Bonchev–Trinajstić information content (AvgIpc) is 2.46. The standard InChI is InChI=1S/C16H16ClFN4.HI/c17-12-5-3-4-11(8-12)16(18)9-13(10-16)21-15(19)22-14-6-1-2-7-20-14;/h1-8,13H,9-10H2,(H3,19,20,21,22);1H. The highest BCUT2D eigenvalue weighted by molar-refractivity contribution is 14.0. The quantitative estimate of drug-likeness (QED) is 0.424. The molecule has 0 atom stereocenters. The number of aliphatic imine (C=N–C) groups is 1. The van der Waals surface area contributed by atoms with Crippen molar-refractivity contribution in [2.75, 3.05) is 5.32 Å². The van der Waals surface area contributed by atoms with Crippen LogP contribution in [0.1, 0.15) is 18.4 Å². The summed E-state index contributed by atoms with van der Waals surface area (Å²) in [7, 11) is 0. The van der Waals surface area contributed by atoms with E-state index in [2.05, 4.69) is 15.3 Å². The van der Waals surface area contributed by atoms with Gasteiger partial charge in [-0.2, -0.15) is 0 Å². The van der Waals surface area contributed by atoms with Crippen LogP contribution in [0.25, 0.3) is 0 Å². The lowest BCUT2D eigenvalue weighted by atomic mass is 9.73. The van der Waals surface area contributed by atoms with Crippen LogP contribution in [0.4, 0.5) is 10.2 Å². The molecule has 0 radical (unpaired) electrons. The Balaban J connectivity index is 0.00000192. The fourth-order valence-corrected chi connectivity index (χ4v) is 2.77. The number of rotatable bonds is 3.